The molecule has 29 heavy (non-hydrogen) atoms. The van der Waals surface area contributed by atoms with Crippen LogP contribution in [0.15, 0.2) is 36.4 Å². The van der Waals surface area contributed by atoms with Gasteiger partial charge in [0.1, 0.15) is 0 Å². The van der Waals surface area contributed by atoms with Crippen LogP contribution in [-0.2, 0) is 4.79 Å². The zero-order valence-electron chi connectivity index (χ0n) is 17.1. The van der Waals surface area contributed by atoms with Gasteiger partial charge in [-0.05, 0) is 45.0 Å². The fourth-order valence-electron chi connectivity index (χ4n) is 2.59. The fourth-order valence-corrected chi connectivity index (χ4v) is 2.59. The van der Waals surface area contributed by atoms with E-state index >= 15 is 0 Å². The number of rotatable bonds is 9. The van der Waals surface area contributed by atoms with Gasteiger partial charge in [-0.2, -0.15) is 0 Å². The van der Waals surface area contributed by atoms with Gasteiger partial charge in [-0.25, -0.2) is 4.79 Å². The van der Waals surface area contributed by atoms with E-state index in [2.05, 4.69) is 16.0 Å². The average Bonchev–Trinajstić information content (AvgIpc) is 2.66. The van der Waals surface area contributed by atoms with E-state index in [1.165, 1.54) is 6.92 Å². The second-order valence-electron chi connectivity index (χ2n) is 5.94. The number of nitrogens with one attached hydrogen (secondary N) is 3. The maximum atomic E-state index is 12.4. The van der Waals surface area contributed by atoms with Gasteiger partial charge in [0.15, 0.2) is 11.5 Å². The molecule has 0 spiro atoms. The molecule has 0 saturated carbocycles. The van der Waals surface area contributed by atoms with Crippen LogP contribution in [0.5, 0.6) is 17.2 Å². The normalized spacial score (nSPS) is 10.1. The summed E-state index contributed by atoms with van der Waals surface area (Å²) in [6.45, 7) is 8.40. The third-order valence-corrected chi connectivity index (χ3v) is 3.63. The molecule has 3 amide bonds. The highest BCUT2D eigenvalue weighted by Crippen LogP contribution is 2.40. The van der Waals surface area contributed by atoms with Crippen molar-refractivity contribution >= 4 is 29.0 Å². The minimum absolute atomic E-state index is 0.158. The Balaban J connectivity index is 2.14. The molecule has 0 aromatic heterocycles. The van der Waals surface area contributed by atoms with Gasteiger partial charge in [0.25, 0.3) is 0 Å². The fraction of sp³-hybridized carbons (Fsp3) is 0.333. The van der Waals surface area contributed by atoms with Crippen molar-refractivity contribution in [3.63, 3.8) is 0 Å². The summed E-state index contributed by atoms with van der Waals surface area (Å²) in [6, 6.07) is 9.75. The van der Waals surface area contributed by atoms with E-state index < -0.39 is 6.03 Å². The van der Waals surface area contributed by atoms with Crippen LogP contribution in [0.3, 0.4) is 0 Å². The molecule has 156 valence electrons. The molecule has 2 rings (SSSR count). The van der Waals surface area contributed by atoms with Gasteiger partial charge in [-0.1, -0.05) is 0 Å². The Labute approximate surface area is 170 Å². The smallest absolute Gasteiger partial charge is 0.323 e. The second-order valence-corrected chi connectivity index (χ2v) is 5.94. The molecule has 2 aromatic rings. The lowest BCUT2D eigenvalue weighted by atomic mass is 10.2. The van der Waals surface area contributed by atoms with E-state index in [9.17, 15) is 9.59 Å². The number of hydrogen-bond acceptors (Lipinski definition) is 5. The molecule has 0 saturated heterocycles. The first-order valence-electron chi connectivity index (χ1n) is 9.48. The number of ether oxygens (including phenoxy) is 3. The third-order valence-electron chi connectivity index (χ3n) is 3.63. The molecule has 8 heteroatoms. The lowest BCUT2D eigenvalue weighted by Crippen LogP contribution is -2.19. The van der Waals surface area contributed by atoms with Crippen LogP contribution in [0.2, 0.25) is 0 Å². The quantitative estimate of drug-likeness (QED) is 0.575. The van der Waals surface area contributed by atoms with Crippen LogP contribution in [0.1, 0.15) is 27.7 Å². The molecule has 0 radical (unpaired) electrons. The van der Waals surface area contributed by atoms with E-state index in [4.69, 9.17) is 14.2 Å². The Bertz CT molecular complexity index is 810. The molecule has 0 aliphatic rings. The van der Waals surface area contributed by atoms with Gasteiger partial charge in [-0.15, -0.1) is 0 Å². The molecule has 8 nitrogen and oxygen atoms in total. The van der Waals surface area contributed by atoms with Crippen LogP contribution in [0.4, 0.5) is 21.9 Å². The van der Waals surface area contributed by atoms with Crippen molar-refractivity contribution in [3.05, 3.63) is 36.4 Å². The molecular formula is C21H27N3O5. The van der Waals surface area contributed by atoms with Crippen molar-refractivity contribution in [2.45, 2.75) is 27.7 Å². The molecule has 0 aliphatic heterocycles. The number of anilines is 3. The zero-order valence-corrected chi connectivity index (χ0v) is 17.1. The molecule has 2 aromatic carbocycles. The maximum absolute atomic E-state index is 12.4. The minimum atomic E-state index is -0.425. The van der Waals surface area contributed by atoms with Crippen LogP contribution < -0.4 is 30.2 Å². The third kappa shape index (κ3) is 6.60. The lowest BCUT2D eigenvalue weighted by molar-refractivity contribution is -0.114. The van der Waals surface area contributed by atoms with Gasteiger partial charge >= 0.3 is 6.03 Å². The number of urea groups is 1. The monoisotopic (exact) mass is 401 g/mol. The lowest BCUT2D eigenvalue weighted by Gasteiger charge is -2.17. The van der Waals surface area contributed by atoms with E-state index in [0.29, 0.717) is 54.1 Å². The van der Waals surface area contributed by atoms with Gasteiger partial charge in [0.05, 0.1) is 25.5 Å². The van der Waals surface area contributed by atoms with Crippen molar-refractivity contribution in [2.75, 3.05) is 35.8 Å². The number of carbonyl (C=O) groups excluding carboxylic acids is 2. The van der Waals surface area contributed by atoms with Gasteiger partial charge in [0, 0.05) is 30.4 Å². The number of amides is 3. The highest BCUT2D eigenvalue weighted by atomic mass is 16.5. The Hall–Kier alpha value is -3.42. The summed E-state index contributed by atoms with van der Waals surface area (Å²) >= 11 is 0. The van der Waals surface area contributed by atoms with Crippen molar-refractivity contribution in [2.24, 2.45) is 0 Å². The molecule has 0 unspecified atom stereocenters. The highest BCUT2D eigenvalue weighted by molar-refractivity contribution is 6.00. The predicted octanol–water partition coefficient (Wildman–Crippen LogP) is 4.49. The van der Waals surface area contributed by atoms with E-state index in [1.807, 2.05) is 20.8 Å². The molecule has 0 atom stereocenters. The number of benzene rings is 2. The average molecular weight is 401 g/mol. The van der Waals surface area contributed by atoms with Crippen LogP contribution in [0, 0.1) is 0 Å². The predicted molar refractivity (Wildman–Crippen MR) is 113 cm³/mol. The Morgan fingerprint density at radius 3 is 1.62 bits per heavy atom. The summed E-state index contributed by atoms with van der Waals surface area (Å²) in [4.78, 5) is 23.5. The molecule has 3 N–H and O–H groups in total. The minimum Gasteiger partial charge on any atom is -0.490 e. The standard InChI is InChI=1S/C21H27N3O5/c1-5-27-18-12-17(13-19(28-6-2)20(18)29-7-3)24-21(26)23-16-10-8-15(9-11-16)22-14(4)25/h8-13H,5-7H2,1-4H3,(H,22,25)(H2,23,24,26). The first kappa shape index (κ1) is 21.9. The Morgan fingerprint density at radius 2 is 1.17 bits per heavy atom. The maximum Gasteiger partial charge on any atom is 0.323 e. The molecule has 0 aliphatic carbocycles. The summed E-state index contributed by atoms with van der Waals surface area (Å²) in [7, 11) is 0. The number of carbonyl (C=O) groups is 2. The molecular weight excluding hydrogens is 374 g/mol. The van der Waals surface area contributed by atoms with Gasteiger partial charge in [0.2, 0.25) is 11.7 Å². The summed E-state index contributed by atoms with van der Waals surface area (Å²) in [5, 5.41) is 8.18. The van der Waals surface area contributed by atoms with E-state index in [0.717, 1.165) is 0 Å². The molecule has 0 heterocycles. The Kier molecular flexibility index (Phi) is 8.14. The summed E-state index contributed by atoms with van der Waals surface area (Å²) in [6.07, 6.45) is 0. The second kappa shape index (κ2) is 10.8. The summed E-state index contributed by atoms with van der Waals surface area (Å²) in [5.74, 6) is 1.34. The first-order chi connectivity index (χ1) is 14.0. The molecule has 0 bridgehead atoms. The van der Waals surface area contributed by atoms with Crippen LogP contribution in [-0.4, -0.2) is 31.8 Å². The van der Waals surface area contributed by atoms with Crippen LogP contribution >= 0.6 is 0 Å². The zero-order chi connectivity index (χ0) is 21.2. The summed E-state index contributed by atoms with van der Waals surface area (Å²) < 4.78 is 17.0. The topological polar surface area (TPSA) is 97.9 Å². The van der Waals surface area contributed by atoms with Crippen molar-refractivity contribution in [1.29, 1.82) is 0 Å². The van der Waals surface area contributed by atoms with Crippen molar-refractivity contribution < 1.29 is 23.8 Å². The highest BCUT2D eigenvalue weighted by Gasteiger charge is 2.16. The van der Waals surface area contributed by atoms with E-state index in [1.54, 1.807) is 36.4 Å². The van der Waals surface area contributed by atoms with Crippen molar-refractivity contribution in [3.8, 4) is 17.2 Å². The van der Waals surface area contributed by atoms with Crippen molar-refractivity contribution in [1.82, 2.24) is 0 Å². The van der Waals surface area contributed by atoms with Gasteiger partial charge < -0.3 is 30.2 Å². The largest absolute Gasteiger partial charge is 0.490 e. The van der Waals surface area contributed by atoms with E-state index in [-0.39, 0.29) is 5.91 Å². The first-order valence-corrected chi connectivity index (χ1v) is 9.48. The number of hydrogen-bond donors (Lipinski definition) is 3. The summed E-state index contributed by atoms with van der Waals surface area (Å²) in [5.41, 5.74) is 1.74. The van der Waals surface area contributed by atoms with Crippen LogP contribution in [0.25, 0.3) is 0 Å². The SMILES string of the molecule is CCOc1cc(NC(=O)Nc2ccc(NC(C)=O)cc2)cc(OCC)c1OCC. The Morgan fingerprint density at radius 1 is 0.724 bits per heavy atom. The molecule has 0 fully saturated rings. The van der Waals surface area contributed by atoms with Gasteiger partial charge in [-0.3, -0.25) is 4.79 Å².